The molecule has 4 nitrogen and oxygen atoms in total. The number of nitrogens with one attached hydrogen (secondary N) is 1. The van der Waals surface area contributed by atoms with Gasteiger partial charge in [0.15, 0.2) is 0 Å². The maximum absolute atomic E-state index is 4.66. The second-order valence-electron chi connectivity index (χ2n) is 5.56. The normalized spacial score (nSPS) is 18.1. The monoisotopic (exact) mass is 282 g/mol. The van der Waals surface area contributed by atoms with Crippen LogP contribution in [0.3, 0.4) is 0 Å². The first-order valence-corrected chi connectivity index (χ1v) is 7.63. The molecule has 0 saturated carbocycles. The first-order valence-electron chi connectivity index (χ1n) is 7.63. The molecule has 0 spiro atoms. The van der Waals surface area contributed by atoms with Crippen LogP contribution in [0.2, 0.25) is 0 Å². The van der Waals surface area contributed by atoms with Crippen LogP contribution < -0.4 is 5.32 Å². The smallest absolute Gasteiger partial charge is 0.0950 e. The predicted octanol–water partition coefficient (Wildman–Crippen LogP) is 2.17. The Morgan fingerprint density at radius 1 is 1.05 bits per heavy atom. The van der Waals surface area contributed by atoms with Crippen LogP contribution >= 0.6 is 0 Å². The molecule has 3 rings (SSSR count). The van der Waals surface area contributed by atoms with Crippen molar-refractivity contribution in [2.45, 2.75) is 19.4 Å². The standard InChI is InChI=1S/C17H22N4/c1-14-6-7-16(20-13-14)17(15-5-2-3-9-19-15)21-11-4-8-18-10-12-21/h2-3,5-7,9,13,17-18H,4,8,10-12H2,1H3. The van der Waals surface area contributed by atoms with Crippen molar-refractivity contribution in [3.8, 4) is 0 Å². The number of pyridine rings is 2. The summed E-state index contributed by atoms with van der Waals surface area (Å²) in [6, 6.07) is 10.5. The summed E-state index contributed by atoms with van der Waals surface area (Å²) in [5.41, 5.74) is 3.35. The molecule has 1 saturated heterocycles. The largest absolute Gasteiger partial charge is 0.315 e. The quantitative estimate of drug-likeness (QED) is 0.937. The molecule has 1 N–H and O–H groups in total. The number of rotatable bonds is 3. The maximum atomic E-state index is 4.66. The molecule has 21 heavy (non-hydrogen) atoms. The van der Waals surface area contributed by atoms with Crippen LogP contribution in [0.4, 0.5) is 0 Å². The van der Waals surface area contributed by atoms with Gasteiger partial charge in [0.05, 0.1) is 17.4 Å². The van der Waals surface area contributed by atoms with Crippen LogP contribution in [0.1, 0.15) is 29.4 Å². The molecule has 0 amide bonds. The van der Waals surface area contributed by atoms with Crippen molar-refractivity contribution in [3.63, 3.8) is 0 Å². The summed E-state index contributed by atoms with van der Waals surface area (Å²) in [5, 5.41) is 3.46. The van der Waals surface area contributed by atoms with E-state index in [1.807, 2.05) is 18.5 Å². The maximum Gasteiger partial charge on any atom is 0.0950 e. The predicted molar refractivity (Wildman–Crippen MR) is 84.1 cm³/mol. The molecular weight excluding hydrogens is 260 g/mol. The van der Waals surface area contributed by atoms with Gasteiger partial charge in [0.25, 0.3) is 0 Å². The molecule has 1 fully saturated rings. The number of aryl methyl sites for hydroxylation is 1. The second-order valence-corrected chi connectivity index (χ2v) is 5.56. The number of hydrogen-bond donors (Lipinski definition) is 1. The summed E-state index contributed by atoms with van der Waals surface area (Å²) < 4.78 is 0. The molecule has 0 bridgehead atoms. The summed E-state index contributed by atoms with van der Waals surface area (Å²) >= 11 is 0. The highest BCUT2D eigenvalue weighted by molar-refractivity contribution is 5.24. The Kier molecular flexibility index (Phi) is 4.58. The highest BCUT2D eigenvalue weighted by Gasteiger charge is 2.25. The molecule has 2 aromatic rings. The van der Waals surface area contributed by atoms with E-state index in [4.69, 9.17) is 0 Å². The van der Waals surface area contributed by atoms with Gasteiger partial charge in [0.2, 0.25) is 0 Å². The molecule has 110 valence electrons. The fourth-order valence-corrected chi connectivity index (χ4v) is 2.83. The third-order valence-corrected chi connectivity index (χ3v) is 3.92. The van der Waals surface area contributed by atoms with Crippen molar-refractivity contribution in [1.29, 1.82) is 0 Å². The van der Waals surface area contributed by atoms with Crippen molar-refractivity contribution in [2.75, 3.05) is 26.2 Å². The first kappa shape index (κ1) is 14.2. The molecule has 1 aliphatic rings. The topological polar surface area (TPSA) is 41.1 Å². The Morgan fingerprint density at radius 2 is 1.95 bits per heavy atom. The van der Waals surface area contributed by atoms with E-state index >= 15 is 0 Å². The highest BCUT2D eigenvalue weighted by atomic mass is 15.2. The van der Waals surface area contributed by atoms with E-state index in [9.17, 15) is 0 Å². The summed E-state index contributed by atoms with van der Waals surface area (Å²) in [5.74, 6) is 0. The Labute approximate surface area is 126 Å². The fourth-order valence-electron chi connectivity index (χ4n) is 2.83. The molecule has 0 radical (unpaired) electrons. The molecule has 0 aliphatic carbocycles. The van der Waals surface area contributed by atoms with Gasteiger partial charge in [-0.3, -0.25) is 14.9 Å². The summed E-state index contributed by atoms with van der Waals surface area (Å²) in [6.45, 7) is 6.28. The molecule has 2 aromatic heterocycles. The van der Waals surface area contributed by atoms with Gasteiger partial charge >= 0.3 is 0 Å². The van der Waals surface area contributed by atoms with Crippen LogP contribution in [0.25, 0.3) is 0 Å². The zero-order chi connectivity index (χ0) is 14.5. The van der Waals surface area contributed by atoms with E-state index in [1.54, 1.807) is 0 Å². The van der Waals surface area contributed by atoms with Crippen LogP contribution in [-0.4, -0.2) is 41.0 Å². The number of nitrogens with zero attached hydrogens (tertiary/aromatic N) is 3. The SMILES string of the molecule is Cc1ccc(C(c2ccccn2)N2CCCNCC2)nc1. The van der Waals surface area contributed by atoms with E-state index in [0.29, 0.717) is 0 Å². The van der Waals surface area contributed by atoms with Gasteiger partial charge in [-0.15, -0.1) is 0 Å². The van der Waals surface area contributed by atoms with E-state index < -0.39 is 0 Å². The summed E-state index contributed by atoms with van der Waals surface area (Å²) in [7, 11) is 0. The van der Waals surface area contributed by atoms with Crippen molar-refractivity contribution in [2.24, 2.45) is 0 Å². The zero-order valence-electron chi connectivity index (χ0n) is 12.5. The molecule has 1 atom stereocenters. The lowest BCUT2D eigenvalue weighted by molar-refractivity contribution is 0.233. The second kappa shape index (κ2) is 6.78. The van der Waals surface area contributed by atoms with Crippen LogP contribution in [0.5, 0.6) is 0 Å². The number of aromatic nitrogens is 2. The minimum atomic E-state index is 0.145. The van der Waals surface area contributed by atoms with Crippen LogP contribution in [0.15, 0.2) is 42.7 Å². The molecule has 1 aliphatic heterocycles. The van der Waals surface area contributed by atoms with Crippen LogP contribution in [-0.2, 0) is 0 Å². The van der Waals surface area contributed by atoms with Gasteiger partial charge in [-0.1, -0.05) is 12.1 Å². The summed E-state index contributed by atoms with van der Waals surface area (Å²) in [6.07, 6.45) is 4.98. The molecular formula is C17H22N4. The van der Waals surface area contributed by atoms with Crippen molar-refractivity contribution < 1.29 is 0 Å². The Balaban J connectivity index is 1.95. The van der Waals surface area contributed by atoms with E-state index in [2.05, 4.69) is 51.4 Å². The van der Waals surface area contributed by atoms with Gasteiger partial charge in [-0.2, -0.15) is 0 Å². The minimum absolute atomic E-state index is 0.145. The Bertz CT molecular complexity index is 545. The van der Waals surface area contributed by atoms with E-state index in [-0.39, 0.29) is 6.04 Å². The lowest BCUT2D eigenvalue weighted by Gasteiger charge is -2.29. The van der Waals surface area contributed by atoms with Gasteiger partial charge in [-0.25, -0.2) is 0 Å². The van der Waals surface area contributed by atoms with E-state index in [1.165, 1.54) is 5.56 Å². The van der Waals surface area contributed by atoms with Crippen molar-refractivity contribution >= 4 is 0 Å². The lowest BCUT2D eigenvalue weighted by Crippen LogP contribution is -2.33. The number of hydrogen-bond acceptors (Lipinski definition) is 4. The zero-order valence-corrected chi connectivity index (χ0v) is 12.5. The Hall–Kier alpha value is -1.78. The van der Waals surface area contributed by atoms with Gasteiger partial charge in [0.1, 0.15) is 0 Å². The van der Waals surface area contributed by atoms with Gasteiger partial charge < -0.3 is 5.32 Å². The van der Waals surface area contributed by atoms with Crippen molar-refractivity contribution in [3.05, 3.63) is 59.7 Å². The molecule has 1 unspecified atom stereocenters. The average molecular weight is 282 g/mol. The first-order chi connectivity index (χ1) is 10.3. The molecule has 4 heteroatoms. The average Bonchev–Trinajstić information content (AvgIpc) is 2.80. The molecule has 3 heterocycles. The fraction of sp³-hybridized carbons (Fsp3) is 0.412. The van der Waals surface area contributed by atoms with Crippen LogP contribution in [0, 0.1) is 6.92 Å². The van der Waals surface area contributed by atoms with Crippen molar-refractivity contribution in [1.82, 2.24) is 20.2 Å². The van der Waals surface area contributed by atoms with Gasteiger partial charge in [-0.05, 0) is 43.7 Å². The van der Waals surface area contributed by atoms with E-state index in [0.717, 1.165) is 44.0 Å². The van der Waals surface area contributed by atoms with Gasteiger partial charge in [0, 0.05) is 32.0 Å². The molecule has 0 aromatic carbocycles. The highest BCUT2D eigenvalue weighted by Crippen LogP contribution is 2.26. The minimum Gasteiger partial charge on any atom is -0.315 e. The third kappa shape index (κ3) is 3.46. The lowest BCUT2D eigenvalue weighted by atomic mass is 10.1. The summed E-state index contributed by atoms with van der Waals surface area (Å²) in [4.78, 5) is 11.7. The Morgan fingerprint density at radius 3 is 2.71 bits per heavy atom. The third-order valence-electron chi connectivity index (χ3n) is 3.92.